The van der Waals surface area contributed by atoms with Crippen LogP contribution in [0.5, 0.6) is 0 Å². The van der Waals surface area contributed by atoms with Gasteiger partial charge in [0.15, 0.2) is 0 Å². The summed E-state index contributed by atoms with van der Waals surface area (Å²) in [6.07, 6.45) is 7.91. The number of rotatable bonds is 4. The van der Waals surface area contributed by atoms with Crippen LogP contribution in [0.25, 0.3) is 0 Å². The number of nitrogens with one attached hydrogen (secondary N) is 1. The molecule has 1 aliphatic carbocycles. The van der Waals surface area contributed by atoms with Crippen LogP contribution in [-0.4, -0.2) is 19.0 Å². The van der Waals surface area contributed by atoms with Crippen molar-refractivity contribution in [1.82, 2.24) is 0 Å². The fourth-order valence-corrected chi connectivity index (χ4v) is 2.88. The average Bonchev–Trinajstić information content (AvgIpc) is 2.75. The second-order valence-corrected chi connectivity index (χ2v) is 5.68. The van der Waals surface area contributed by atoms with Gasteiger partial charge in [0.2, 0.25) is 5.91 Å². The molecule has 1 N–H and O–H groups in total. The molecule has 0 atom stereocenters. The molecule has 0 aliphatic heterocycles. The highest BCUT2D eigenvalue weighted by Gasteiger charge is 2.16. The number of carbonyl (C=O) groups is 2. The molecular formula is C17H23NO3. The molecule has 4 nitrogen and oxygen atoms in total. The summed E-state index contributed by atoms with van der Waals surface area (Å²) in [5.41, 5.74) is 1.10. The number of hydrogen-bond donors (Lipinski definition) is 1. The first-order valence-electron chi connectivity index (χ1n) is 7.67. The fraction of sp³-hybridized carbons (Fsp3) is 0.529. The van der Waals surface area contributed by atoms with E-state index in [1.54, 1.807) is 24.3 Å². The van der Waals surface area contributed by atoms with E-state index >= 15 is 0 Å². The number of anilines is 1. The van der Waals surface area contributed by atoms with Crippen molar-refractivity contribution in [2.75, 3.05) is 12.4 Å². The van der Waals surface area contributed by atoms with Crippen molar-refractivity contribution in [2.24, 2.45) is 5.92 Å². The Morgan fingerprint density at radius 3 is 2.57 bits per heavy atom. The summed E-state index contributed by atoms with van der Waals surface area (Å²) in [4.78, 5) is 23.6. The lowest BCUT2D eigenvalue weighted by Crippen LogP contribution is -2.16. The lowest BCUT2D eigenvalue weighted by atomic mass is 9.96. The molecule has 1 aromatic rings. The molecule has 1 fully saturated rings. The maximum atomic E-state index is 12.1. The van der Waals surface area contributed by atoms with Crippen molar-refractivity contribution in [3.63, 3.8) is 0 Å². The number of methoxy groups -OCH3 is 1. The minimum Gasteiger partial charge on any atom is -0.465 e. The van der Waals surface area contributed by atoms with Crippen molar-refractivity contribution in [1.29, 1.82) is 0 Å². The average molecular weight is 289 g/mol. The van der Waals surface area contributed by atoms with E-state index in [0.717, 1.165) is 12.8 Å². The van der Waals surface area contributed by atoms with Gasteiger partial charge in [-0.05, 0) is 37.0 Å². The van der Waals surface area contributed by atoms with Crippen molar-refractivity contribution < 1.29 is 14.3 Å². The van der Waals surface area contributed by atoms with Crippen molar-refractivity contribution >= 4 is 17.6 Å². The molecule has 1 aliphatic rings. The molecule has 2 rings (SSSR count). The third-order valence-corrected chi connectivity index (χ3v) is 4.02. The van der Waals surface area contributed by atoms with Gasteiger partial charge in [0.1, 0.15) is 0 Å². The molecule has 21 heavy (non-hydrogen) atoms. The SMILES string of the molecule is COC(=O)c1cccc(NC(=O)CC2CCCCCC2)c1. The molecule has 0 bridgehead atoms. The highest BCUT2D eigenvalue weighted by molar-refractivity contribution is 5.94. The van der Waals surface area contributed by atoms with Gasteiger partial charge < -0.3 is 10.1 Å². The van der Waals surface area contributed by atoms with Gasteiger partial charge in [-0.25, -0.2) is 4.79 Å². The van der Waals surface area contributed by atoms with Crippen LogP contribution in [0.1, 0.15) is 55.3 Å². The molecule has 1 aromatic carbocycles. The zero-order chi connectivity index (χ0) is 15.1. The van der Waals surface area contributed by atoms with E-state index in [-0.39, 0.29) is 5.91 Å². The molecule has 0 unspecified atom stereocenters. The minimum atomic E-state index is -0.394. The Morgan fingerprint density at radius 2 is 1.90 bits per heavy atom. The number of amides is 1. The standard InChI is InChI=1S/C17H23NO3/c1-21-17(20)14-9-6-10-15(12-14)18-16(19)11-13-7-4-2-3-5-8-13/h6,9-10,12-13H,2-5,7-8,11H2,1H3,(H,18,19). The molecule has 0 spiro atoms. The van der Waals surface area contributed by atoms with Crippen LogP contribution in [0.15, 0.2) is 24.3 Å². The Morgan fingerprint density at radius 1 is 1.19 bits per heavy atom. The Hall–Kier alpha value is -1.84. The zero-order valence-corrected chi connectivity index (χ0v) is 12.6. The number of carbonyl (C=O) groups excluding carboxylic acids is 2. The first-order valence-corrected chi connectivity index (χ1v) is 7.67. The maximum Gasteiger partial charge on any atom is 0.337 e. The zero-order valence-electron chi connectivity index (χ0n) is 12.6. The van der Waals surface area contributed by atoms with Crippen LogP contribution in [-0.2, 0) is 9.53 Å². The number of hydrogen-bond acceptors (Lipinski definition) is 3. The van der Waals surface area contributed by atoms with E-state index in [9.17, 15) is 9.59 Å². The molecule has 1 amide bonds. The van der Waals surface area contributed by atoms with E-state index in [4.69, 9.17) is 0 Å². The minimum absolute atomic E-state index is 0.0314. The molecule has 0 aromatic heterocycles. The predicted molar refractivity (Wildman–Crippen MR) is 82.2 cm³/mol. The third-order valence-electron chi connectivity index (χ3n) is 4.02. The molecule has 0 heterocycles. The first-order chi connectivity index (χ1) is 10.2. The van der Waals surface area contributed by atoms with Gasteiger partial charge in [0.25, 0.3) is 0 Å². The Bertz CT molecular complexity index is 491. The van der Waals surface area contributed by atoms with E-state index < -0.39 is 5.97 Å². The molecule has 114 valence electrons. The van der Waals surface area contributed by atoms with E-state index in [1.165, 1.54) is 32.8 Å². The normalized spacial score (nSPS) is 16.0. The molecular weight excluding hydrogens is 266 g/mol. The number of esters is 1. The van der Waals surface area contributed by atoms with Crippen LogP contribution in [0.4, 0.5) is 5.69 Å². The Labute approximate surface area is 125 Å². The Balaban J connectivity index is 1.91. The van der Waals surface area contributed by atoms with Gasteiger partial charge in [0.05, 0.1) is 12.7 Å². The van der Waals surface area contributed by atoms with Crippen LogP contribution in [0.3, 0.4) is 0 Å². The second kappa shape index (κ2) is 7.81. The summed E-state index contributed by atoms with van der Waals surface area (Å²) >= 11 is 0. The summed E-state index contributed by atoms with van der Waals surface area (Å²) in [6.45, 7) is 0. The first kappa shape index (κ1) is 15.5. The smallest absolute Gasteiger partial charge is 0.337 e. The van der Waals surface area contributed by atoms with Gasteiger partial charge in [-0.1, -0.05) is 31.7 Å². The maximum absolute atomic E-state index is 12.1. The van der Waals surface area contributed by atoms with Crippen molar-refractivity contribution in [3.05, 3.63) is 29.8 Å². The summed E-state index contributed by atoms with van der Waals surface area (Å²) in [5, 5.41) is 2.88. The molecule has 0 radical (unpaired) electrons. The summed E-state index contributed by atoms with van der Waals surface area (Å²) < 4.78 is 4.68. The predicted octanol–water partition coefficient (Wildman–Crippen LogP) is 3.77. The Kier molecular flexibility index (Phi) is 5.78. The fourth-order valence-electron chi connectivity index (χ4n) is 2.88. The van der Waals surface area contributed by atoms with Crippen molar-refractivity contribution in [3.8, 4) is 0 Å². The summed E-state index contributed by atoms with van der Waals surface area (Å²) in [6, 6.07) is 6.86. The second-order valence-electron chi connectivity index (χ2n) is 5.68. The molecule has 4 heteroatoms. The monoisotopic (exact) mass is 289 g/mol. The highest BCUT2D eigenvalue weighted by Crippen LogP contribution is 2.25. The van der Waals surface area contributed by atoms with E-state index in [2.05, 4.69) is 10.1 Å². The number of ether oxygens (including phenoxy) is 1. The van der Waals surface area contributed by atoms with Crippen LogP contribution >= 0.6 is 0 Å². The highest BCUT2D eigenvalue weighted by atomic mass is 16.5. The summed E-state index contributed by atoms with van der Waals surface area (Å²) in [5.74, 6) is 0.134. The molecule has 1 saturated carbocycles. The number of benzene rings is 1. The van der Waals surface area contributed by atoms with Gasteiger partial charge in [0, 0.05) is 12.1 Å². The van der Waals surface area contributed by atoms with E-state index in [0.29, 0.717) is 23.6 Å². The van der Waals surface area contributed by atoms with Crippen LogP contribution in [0.2, 0.25) is 0 Å². The lowest BCUT2D eigenvalue weighted by molar-refractivity contribution is -0.117. The van der Waals surface area contributed by atoms with Gasteiger partial charge in [-0.15, -0.1) is 0 Å². The van der Waals surface area contributed by atoms with Crippen molar-refractivity contribution in [2.45, 2.75) is 44.9 Å². The lowest BCUT2D eigenvalue weighted by Gasteiger charge is -2.13. The third kappa shape index (κ3) is 4.88. The largest absolute Gasteiger partial charge is 0.465 e. The quantitative estimate of drug-likeness (QED) is 0.678. The van der Waals surface area contributed by atoms with Gasteiger partial charge >= 0.3 is 5.97 Å². The molecule has 0 saturated heterocycles. The topological polar surface area (TPSA) is 55.4 Å². The van der Waals surface area contributed by atoms with Crippen LogP contribution < -0.4 is 5.32 Å². The van der Waals surface area contributed by atoms with Gasteiger partial charge in [-0.3, -0.25) is 4.79 Å². The van der Waals surface area contributed by atoms with E-state index in [1.807, 2.05) is 0 Å². The van der Waals surface area contributed by atoms with Gasteiger partial charge in [-0.2, -0.15) is 0 Å². The summed E-state index contributed by atoms with van der Waals surface area (Å²) in [7, 11) is 1.35. The van der Waals surface area contributed by atoms with Crippen LogP contribution in [0, 0.1) is 5.92 Å².